The quantitative estimate of drug-likeness (QED) is 0.282. The molecule has 0 saturated heterocycles. The van der Waals surface area contributed by atoms with Crippen molar-refractivity contribution in [3.63, 3.8) is 0 Å². The van der Waals surface area contributed by atoms with Crippen molar-refractivity contribution in [1.82, 2.24) is 0 Å². The zero-order valence-corrected chi connectivity index (χ0v) is 16.5. The van der Waals surface area contributed by atoms with E-state index in [1.54, 1.807) is 6.07 Å². The molecule has 168 valence electrons. The molecule has 0 amide bonds. The fourth-order valence-electron chi connectivity index (χ4n) is 2.57. The first-order valence-corrected chi connectivity index (χ1v) is 8.79. The Morgan fingerprint density at radius 3 is 2.29 bits per heavy atom. The van der Waals surface area contributed by atoms with Gasteiger partial charge >= 0.3 is 12.8 Å². The monoisotopic (exact) mass is 446 g/mol. The van der Waals surface area contributed by atoms with Crippen LogP contribution in [0.25, 0.3) is 6.08 Å². The summed E-state index contributed by atoms with van der Waals surface area (Å²) in [6, 6.07) is 8.42. The minimum absolute atomic E-state index is 0.0342. The van der Waals surface area contributed by atoms with Crippen LogP contribution in [0.4, 0.5) is 22.0 Å². The van der Waals surface area contributed by atoms with Crippen LogP contribution < -0.4 is 14.2 Å². The maximum Gasteiger partial charge on any atom is 0.411 e. The Balaban J connectivity index is 2.15. The average Bonchev–Trinajstić information content (AvgIpc) is 2.71. The molecule has 0 aromatic heterocycles. The molecule has 2 aromatic rings. The molecule has 0 N–H and O–H groups in total. The van der Waals surface area contributed by atoms with Crippen LogP contribution in [-0.2, 0) is 11.3 Å². The van der Waals surface area contributed by atoms with Crippen molar-refractivity contribution >= 4 is 11.9 Å². The number of ether oxygens (including phenoxy) is 4. The predicted octanol–water partition coefficient (Wildman–Crippen LogP) is 5.28. The van der Waals surface area contributed by atoms with Crippen molar-refractivity contribution < 1.29 is 45.7 Å². The van der Waals surface area contributed by atoms with Crippen molar-refractivity contribution in [3.8, 4) is 17.2 Å². The number of allylic oxidation sites excluding steroid dienone is 1. The topological polar surface area (TPSA) is 54.0 Å². The number of methoxy groups -OCH3 is 2. The number of ketones is 1. The van der Waals surface area contributed by atoms with Crippen molar-refractivity contribution in [2.75, 3.05) is 20.8 Å². The fourth-order valence-corrected chi connectivity index (χ4v) is 2.57. The zero-order valence-electron chi connectivity index (χ0n) is 16.5. The molecule has 0 spiro atoms. The second-order valence-corrected chi connectivity index (χ2v) is 6.12. The Morgan fingerprint density at radius 1 is 1.00 bits per heavy atom. The van der Waals surface area contributed by atoms with Crippen LogP contribution in [0.2, 0.25) is 0 Å². The van der Waals surface area contributed by atoms with Crippen LogP contribution in [0.1, 0.15) is 21.5 Å². The van der Waals surface area contributed by atoms with E-state index >= 15 is 0 Å². The van der Waals surface area contributed by atoms with E-state index in [1.807, 2.05) is 0 Å². The number of benzene rings is 2. The van der Waals surface area contributed by atoms with Crippen molar-refractivity contribution in [2.24, 2.45) is 0 Å². The molecule has 31 heavy (non-hydrogen) atoms. The smallest absolute Gasteiger partial charge is 0.411 e. The Morgan fingerprint density at radius 2 is 1.68 bits per heavy atom. The Hall–Kier alpha value is -3.14. The van der Waals surface area contributed by atoms with Gasteiger partial charge in [-0.05, 0) is 42.0 Å². The van der Waals surface area contributed by atoms with Gasteiger partial charge in [-0.3, -0.25) is 4.79 Å². The van der Waals surface area contributed by atoms with Gasteiger partial charge in [0.2, 0.25) is 0 Å². The lowest BCUT2D eigenvalue weighted by Gasteiger charge is -2.11. The van der Waals surface area contributed by atoms with E-state index in [2.05, 4.69) is 9.47 Å². The second kappa shape index (κ2) is 10.8. The van der Waals surface area contributed by atoms with Gasteiger partial charge in [0, 0.05) is 11.1 Å². The number of alkyl halides is 5. The van der Waals surface area contributed by atoms with Crippen LogP contribution in [0, 0.1) is 0 Å². The summed E-state index contributed by atoms with van der Waals surface area (Å²) in [5.74, 6) is -0.359. The lowest BCUT2D eigenvalue weighted by atomic mass is 10.1. The van der Waals surface area contributed by atoms with E-state index in [0.717, 1.165) is 0 Å². The minimum Gasteiger partial charge on any atom is -0.496 e. The van der Waals surface area contributed by atoms with Gasteiger partial charge in [-0.25, -0.2) is 0 Å². The molecule has 0 fully saturated rings. The van der Waals surface area contributed by atoms with Crippen LogP contribution >= 0.6 is 0 Å². The lowest BCUT2D eigenvalue weighted by molar-refractivity contribution is -0.176. The van der Waals surface area contributed by atoms with Crippen LogP contribution in [0.3, 0.4) is 0 Å². The molecule has 0 aliphatic rings. The van der Waals surface area contributed by atoms with E-state index in [9.17, 15) is 26.7 Å². The Kier molecular flexibility index (Phi) is 8.38. The Bertz CT molecular complexity index is 925. The van der Waals surface area contributed by atoms with E-state index in [0.29, 0.717) is 16.9 Å². The SMILES string of the molecule is COc1ccc(/C=C/C(=O)c2ccc(OC(F)F)c(OC)c2)cc1COCC(F)(F)F. The summed E-state index contributed by atoms with van der Waals surface area (Å²) in [7, 11) is 2.62. The molecule has 0 bridgehead atoms. The summed E-state index contributed by atoms with van der Waals surface area (Å²) in [5.41, 5.74) is 1.05. The first-order chi connectivity index (χ1) is 14.6. The third-order valence-electron chi connectivity index (χ3n) is 3.92. The van der Waals surface area contributed by atoms with Gasteiger partial charge in [0.1, 0.15) is 12.4 Å². The van der Waals surface area contributed by atoms with E-state index in [4.69, 9.17) is 9.47 Å². The second-order valence-electron chi connectivity index (χ2n) is 6.12. The molecule has 0 atom stereocenters. The molecular weight excluding hydrogens is 427 g/mol. The third-order valence-corrected chi connectivity index (χ3v) is 3.92. The highest BCUT2D eigenvalue weighted by Crippen LogP contribution is 2.30. The van der Waals surface area contributed by atoms with Crippen molar-refractivity contribution in [3.05, 3.63) is 59.2 Å². The highest BCUT2D eigenvalue weighted by molar-refractivity contribution is 6.07. The van der Waals surface area contributed by atoms with Gasteiger partial charge < -0.3 is 18.9 Å². The maximum absolute atomic E-state index is 12.4. The number of hydrogen-bond donors (Lipinski definition) is 0. The van der Waals surface area contributed by atoms with Crippen molar-refractivity contribution in [2.45, 2.75) is 19.4 Å². The number of carbonyl (C=O) groups is 1. The molecule has 0 radical (unpaired) electrons. The first-order valence-electron chi connectivity index (χ1n) is 8.79. The fraction of sp³-hybridized carbons (Fsp3) is 0.286. The summed E-state index contributed by atoms with van der Waals surface area (Å²) >= 11 is 0. The Labute approximate surface area is 175 Å². The highest BCUT2D eigenvalue weighted by Gasteiger charge is 2.27. The minimum atomic E-state index is -4.45. The van der Waals surface area contributed by atoms with Crippen LogP contribution in [0.15, 0.2) is 42.5 Å². The molecular formula is C21H19F5O5. The maximum atomic E-state index is 12.4. The van der Waals surface area contributed by atoms with Gasteiger partial charge in [0.25, 0.3) is 0 Å². The number of carbonyl (C=O) groups excluding carboxylic acids is 1. The highest BCUT2D eigenvalue weighted by atomic mass is 19.4. The molecule has 0 saturated carbocycles. The molecule has 2 aromatic carbocycles. The van der Waals surface area contributed by atoms with Crippen molar-refractivity contribution in [1.29, 1.82) is 0 Å². The van der Waals surface area contributed by atoms with E-state index in [-0.39, 0.29) is 23.7 Å². The summed E-state index contributed by atoms with van der Waals surface area (Å²) in [6.07, 6.45) is -1.77. The van der Waals surface area contributed by atoms with Gasteiger partial charge in [0.15, 0.2) is 17.3 Å². The van der Waals surface area contributed by atoms with Gasteiger partial charge in [-0.15, -0.1) is 0 Å². The molecule has 0 aliphatic carbocycles. The van der Waals surface area contributed by atoms with E-state index < -0.39 is 25.2 Å². The molecule has 2 rings (SSSR count). The largest absolute Gasteiger partial charge is 0.496 e. The molecule has 0 heterocycles. The third kappa shape index (κ3) is 7.56. The summed E-state index contributed by atoms with van der Waals surface area (Å²) in [4.78, 5) is 12.4. The number of halogens is 5. The van der Waals surface area contributed by atoms with Gasteiger partial charge in [-0.2, -0.15) is 22.0 Å². The normalized spacial score (nSPS) is 11.7. The standard InChI is InChI=1S/C21H19F5O5/c1-28-17-7-4-13(9-15(17)11-30-12-21(24,25)26)3-6-16(27)14-5-8-18(31-20(22)23)19(10-14)29-2/h3-10,20H,11-12H2,1-2H3/b6-3+. The molecule has 10 heteroatoms. The molecule has 0 unspecified atom stereocenters. The average molecular weight is 446 g/mol. The lowest BCUT2D eigenvalue weighted by Crippen LogP contribution is -2.16. The molecule has 0 aliphatic heterocycles. The summed E-state index contributed by atoms with van der Waals surface area (Å²) in [6.45, 7) is -4.78. The zero-order chi connectivity index (χ0) is 23.0. The van der Waals surface area contributed by atoms with Crippen LogP contribution in [0.5, 0.6) is 17.2 Å². The molecule has 5 nitrogen and oxygen atoms in total. The first kappa shape index (κ1) is 24.1. The van der Waals surface area contributed by atoms with Gasteiger partial charge in [0.05, 0.1) is 20.8 Å². The summed E-state index contributed by atoms with van der Waals surface area (Å²) < 4.78 is 80.7. The predicted molar refractivity (Wildman–Crippen MR) is 102 cm³/mol. The van der Waals surface area contributed by atoms with Crippen LogP contribution in [-0.4, -0.2) is 39.4 Å². The number of hydrogen-bond acceptors (Lipinski definition) is 5. The number of rotatable bonds is 10. The van der Waals surface area contributed by atoms with Gasteiger partial charge in [-0.1, -0.05) is 12.1 Å². The van der Waals surface area contributed by atoms with E-state index in [1.165, 1.54) is 56.7 Å². The summed E-state index contributed by atoms with van der Waals surface area (Å²) in [5, 5.41) is 0.